The summed E-state index contributed by atoms with van der Waals surface area (Å²) < 4.78 is 32.5. The fourth-order valence-corrected chi connectivity index (χ4v) is 3.73. The highest BCUT2D eigenvalue weighted by Crippen LogP contribution is 2.25. The van der Waals surface area contributed by atoms with Gasteiger partial charge in [-0.3, -0.25) is 4.72 Å². The monoisotopic (exact) mass is 367 g/mol. The second-order valence-corrected chi connectivity index (χ2v) is 7.33. The Morgan fingerprint density at radius 1 is 1.12 bits per heavy atom. The van der Waals surface area contributed by atoms with Gasteiger partial charge in [-0.05, 0) is 68.3 Å². The molecular formula is C17H18ClNO4S. The first-order valence-electron chi connectivity index (χ1n) is 7.31. The topological polar surface area (TPSA) is 72.5 Å². The zero-order valence-electron chi connectivity index (χ0n) is 13.6. The van der Waals surface area contributed by atoms with Gasteiger partial charge in [0.05, 0.1) is 17.1 Å². The van der Waals surface area contributed by atoms with E-state index in [-0.39, 0.29) is 11.5 Å². The van der Waals surface area contributed by atoms with E-state index in [0.717, 1.165) is 0 Å². The smallest absolute Gasteiger partial charge is 0.338 e. The highest BCUT2D eigenvalue weighted by molar-refractivity contribution is 7.92. The molecule has 0 unspecified atom stereocenters. The first-order chi connectivity index (χ1) is 11.2. The Morgan fingerprint density at radius 3 is 2.33 bits per heavy atom. The summed E-state index contributed by atoms with van der Waals surface area (Å²) in [4.78, 5) is 11.8. The van der Waals surface area contributed by atoms with Crippen molar-refractivity contribution in [1.82, 2.24) is 0 Å². The summed E-state index contributed by atoms with van der Waals surface area (Å²) in [7, 11) is -3.75. The maximum Gasteiger partial charge on any atom is 0.338 e. The number of halogens is 1. The molecule has 0 bridgehead atoms. The predicted molar refractivity (Wildman–Crippen MR) is 94.1 cm³/mol. The van der Waals surface area contributed by atoms with Crippen LogP contribution in [0.3, 0.4) is 0 Å². The van der Waals surface area contributed by atoms with Crippen LogP contribution >= 0.6 is 11.6 Å². The summed E-state index contributed by atoms with van der Waals surface area (Å²) in [6.07, 6.45) is 0. The Hall–Kier alpha value is -2.05. The number of esters is 1. The summed E-state index contributed by atoms with van der Waals surface area (Å²) in [6, 6.07) is 9.21. The fraction of sp³-hybridized carbons (Fsp3) is 0.235. The van der Waals surface area contributed by atoms with Crippen LogP contribution in [-0.2, 0) is 14.8 Å². The zero-order chi connectivity index (χ0) is 17.9. The number of carbonyl (C=O) groups is 1. The number of hydrogen-bond acceptors (Lipinski definition) is 4. The number of carbonyl (C=O) groups excluding carboxylic acids is 1. The van der Waals surface area contributed by atoms with Crippen molar-refractivity contribution in [3.05, 3.63) is 58.1 Å². The molecule has 0 aliphatic rings. The molecular weight excluding hydrogens is 350 g/mol. The molecule has 5 nitrogen and oxygen atoms in total. The van der Waals surface area contributed by atoms with E-state index < -0.39 is 16.0 Å². The first-order valence-corrected chi connectivity index (χ1v) is 9.17. The molecule has 0 aromatic heterocycles. The Kier molecular flexibility index (Phi) is 5.51. The Balaban J connectivity index is 2.27. The molecule has 7 heteroatoms. The van der Waals surface area contributed by atoms with E-state index in [1.807, 2.05) is 0 Å². The molecule has 2 aromatic rings. The predicted octanol–water partition coefficient (Wildman–Crippen LogP) is 3.93. The van der Waals surface area contributed by atoms with Gasteiger partial charge in [-0.1, -0.05) is 11.6 Å². The summed E-state index contributed by atoms with van der Waals surface area (Å²) in [6.45, 7) is 5.43. The largest absolute Gasteiger partial charge is 0.462 e. The van der Waals surface area contributed by atoms with Crippen molar-refractivity contribution < 1.29 is 17.9 Å². The third kappa shape index (κ3) is 4.07. The molecule has 0 aliphatic heterocycles. The third-order valence-electron chi connectivity index (χ3n) is 3.39. The fourth-order valence-electron chi connectivity index (χ4n) is 2.14. The molecule has 24 heavy (non-hydrogen) atoms. The molecule has 0 atom stereocenters. The van der Waals surface area contributed by atoms with Gasteiger partial charge in [-0.25, -0.2) is 13.2 Å². The highest BCUT2D eigenvalue weighted by Gasteiger charge is 2.18. The maximum absolute atomic E-state index is 12.6. The molecule has 0 fully saturated rings. The van der Waals surface area contributed by atoms with Crippen LogP contribution in [0, 0.1) is 13.8 Å². The third-order valence-corrected chi connectivity index (χ3v) is 5.32. The lowest BCUT2D eigenvalue weighted by atomic mass is 10.2. The molecule has 0 aliphatic carbocycles. The second-order valence-electron chi connectivity index (χ2n) is 5.27. The number of aryl methyl sites for hydroxylation is 2. The van der Waals surface area contributed by atoms with Crippen molar-refractivity contribution in [2.75, 3.05) is 11.3 Å². The molecule has 0 radical (unpaired) electrons. The van der Waals surface area contributed by atoms with E-state index in [1.54, 1.807) is 26.8 Å². The molecule has 2 aromatic carbocycles. The molecule has 0 spiro atoms. The van der Waals surface area contributed by atoms with Crippen molar-refractivity contribution in [3.63, 3.8) is 0 Å². The lowest BCUT2D eigenvalue weighted by molar-refractivity contribution is 0.0526. The SMILES string of the molecule is CCOC(=O)c1ccc(NS(=O)(=O)c2cc(C)c(Cl)cc2C)cc1. The number of rotatable bonds is 5. The van der Waals surface area contributed by atoms with Gasteiger partial charge < -0.3 is 4.74 Å². The zero-order valence-corrected chi connectivity index (χ0v) is 15.2. The number of sulfonamides is 1. The summed E-state index contributed by atoms with van der Waals surface area (Å²) in [5, 5.41) is 0.519. The van der Waals surface area contributed by atoms with E-state index in [9.17, 15) is 13.2 Å². The number of ether oxygens (including phenoxy) is 1. The van der Waals surface area contributed by atoms with Crippen molar-refractivity contribution in [2.24, 2.45) is 0 Å². The van der Waals surface area contributed by atoms with Gasteiger partial charge in [-0.15, -0.1) is 0 Å². The van der Waals surface area contributed by atoms with Gasteiger partial charge in [0.2, 0.25) is 0 Å². The quantitative estimate of drug-likeness (QED) is 0.812. The Morgan fingerprint density at radius 2 is 1.75 bits per heavy atom. The minimum Gasteiger partial charge on any atom is -0.462 e. The van der Waals surface area contributed by atoms with Crippen molar-refractivity contribution in [3.8, 4) is 0 Å². The van der Waals surface area contributed by atoms with Gasteiger partial charge in [0.1, 0.15) is 0 Å². The van der Waals surface area contributed by atoms with Crippen LogP contribution in [0.4, 0.5) is 5.69 Å². The van der Waals surface area contributed by atoms with Gasteiger partial charge in [0, 0.05) is 10.7 Å². The minimum absolute atomic E-state index is 0.166. The summed E-state index contributed by atoms with van der Waals surface area (Å²) in [5.74, 6) is -0.448. The molecule has 0 saturated carbocycles. The minimum atomic E-state index is -3.75. The van der Waals surface area contributed by atoms with Gasteiger partial charge in [-0.2, -0.15) is 0 Å². The molecule has 2 rings (SSSR count). The van der Waals surface area contributed by atoms with Crippen LogP contribution in [0.25, 0.3) is 0 Å². The van der Waals surface area contributed by atoms with Crippen LogP contribution in [0.1, 0.15) is 28.4 Å². The van der Waals surface area contributed by atoms with E-state index in [4.69, 9.17) is 16.3 Å². The molecule has 0 saturated heterocycles. The number of hydrogen-bond donors (Lipinski definition) is 1. The van der Waals surface area contributed by atoms with Crippen LogP contribution in [0.15, 0.2) is 41.3 Å². The lowest BCUT2D eigenvalue weighted by Crippen LogP contribution is -2.15. The molecule has 0 heterocycles. The lowest BCUT2D eigenvalue weighted by Gasteiger charge is -2.12. The van der Waals surface area contributed by atoms with E-state index in [0.29, 0.717) is 27.4 Å². The number of benzene rings is 2. The van der Waals surface area contributed by atoms with Crippen molar-refractivity contribution >= 4 is 33.3 Å². The average molecular weight is 368 g/mol. The van der Waals surface area contributed by atoms with E-state index in [1.165, 1.54) is 30.3 Å². The van der Waals surface area contributed by atoms with Gasteiger partial charge in [0.25, 0.3) is 10.0 Å². The van der Waals surface area contributed by atoms with Crippen molar-refractivity contribution in [1.29, 1.82) is 0 Å². The molecule has 128 valence electrons. The number of anilines is 1. The Bertz CT molecular complexity index is 861. The Labute approximate surface area is 146 Å². The first kappa shape index (κ1) is 18.3. The second kappa shape index (κ2) is 7.23. The van der Waals surface area contributed by atoms with E-state index in [2.05, 4.69) is 4.72 Å². The summed E-state index contributed by atoms with van der Waals surface area (Å²) >= 11 is 6.01. The van der Waals surface area contributed by atoms with Crippen molar-refractivity contribution in [2.45, 2.75) is 25.7 Å². The van der Waals surface area contributed by atoms with E-state index >= 15 is 0 Å². The van der Waals surface area contributed by atoms with Crippen LogP contribution < -0.4 is 4.72 Å². The average Bonchev–Trinajstić information content (AvgIpc) is 2.51. The number of nitrogens with one attached hydrogen (secondary N) is 1. The van der Waals surface area contributed by atoms with Gasteiger partial charge >= 0.3 is 5.97 Å². The normalized spacial score (nSPS) is 11.2. The van der Waals surface area contributed by atoms with Crippen LogP contribution in [0.2, 0.25) is 5.02 Å². The molecule has 1 N–H and O–H groups in total. The standard InChI is InChI=1S/C17H18ClNO4S/c1-4-23-17(20)13-5-7-14(8-6-13)19-24(21,22)16-10-11(2)15(18)9-12(16)3/h5-10,19H,4H2,1-3H3. The molecule has 0 amide bonds. The maximum atomic E-state index is 12.6. The summed E-state index contributed by atoms with van der Waals surface area (Å²) in [5.41, 5.74) is 1.95. The van der Waals surface area contributed by atoms with Crippen LogP contribution in [0.5, 0.6) is 0 Å². The highest BCUT2D eigenvalue weighted by atomic mass is 35.5. The van der Waals surface area contributed by atoms with Crippen LogP contribution in [-0.4, -0.2) is 21.0 Å². The van der Waals surface area contributed by atoms with Gasteiger partial charge in [0.15, 0.2) is 0 Å².